The normalized spacial score (nSPS) is 11.6. The fourth-order valence-electron chi connectivity index (χ4n) is 1.54. The average Bonchev–Trinajstić information content (AvgIpc) is 2.91. The largest absolute Gasteiger partial charge is 0.396 e. The summed E-state index contributed by atoms with van der Waals surface area (Å²) in [5, 5.41) is 8.80. The molecule has 0 aliphatic heterocycles. The van der Waals surface area contributed by atoms with Gasteiger partial charge in [-0.15, -0.1) is 11.3 Å². The molecule has 0 saturated carbocycles. The van der Waals surface area contributed by atoms with Gasteiger partial charge in [0.05, 0.1) is 10.4 Å². The van der Waals surface area contributed by atoms with Gasteiger partial charge in [0.25, 0.3) is 0 Å². The predicted molar refractivity (Wildman–Crippen MR) is 73.4 cm³/mol. The Morgan fingerprint density at radius 2 is 2.00 bits per heavy atom. The van der Waals surface area contributed by atoms with E-state index in [-0.39, 0.29) is 18.0 Å². The number of nitrogens with zero attached hydrogens (tertiary/aromatic N) is 1. The van der Waals surface area contributed by atoms with E-state index in [4.69, 9.17) is 5.11 Å². The van der Waals surface area contributed by atoms with Crippen LogP contribution in [0.25, 0.3) is 0 Å². The van der Waals surface area contributed by atoms with Crippen LogP contribution in [0.1, 0.15) is 10.4 Å². The SMILES string of the molecule is O=S(=O)(NCc1cncs1)c1ccc(CCO)cc1. The summed E-state index contributed by atoms with van der Waals surface area (Å²) in [6.45, 7) is 0.293. The quantitative estimate of drug-likeness (QED) is 0.838. The van der Waals surface area contributed by atoms with E-state index in [0.29, 0.717) is 6.42 Å². The minimum atomic E-state index is -3.50. The fraction of sp³-hybridized carbons (Fsp3) is 0.250. The van der Waals surface area contributed by atoms with Crippen molar-refractivity contribution in [3.63, 3.8) is 0 Å². The maximum absolute atomic E-state index is 12.0. The number of aromatic nitrogens is 1. The van der Waals surface area contributed by atoms with Crippen molar-refractivity contribution in [1.82, 2.24) is 9.71 Å². The van der Waals surface area contributed by atoms with Crippen molar-refractivity contribution in [2.75, 3.05) is 6.61 Å². The molecule has 0 unspecified atom stereocenters. The standard InChI is InChI=1S/C12H14N2O3S2/c15-6-5-10-1-3-12(4-2-10)19(16,17)14-8-11-7-13-9-18-11/h1-4,7,9,14-15H,5-6,8H2. The van der Waals surface area contributed by atoms with Crippen molar-refractivity contribution in [1.29, 1.82) is 0 Å². The first-order valence-electron chi connectivity index (χ1n) is 5.68. The van der Waals surface area contributed by atoms with Crippen LogP contribution in [-0.4, -0.2) is 25.1 Å². The summed E-state index contributed by atoms with van der Waals surface area (Å²) < 4.78 is 26.6. The molecule has 0 saturated heterocycles. The highest BCUT2D eigenvalue weighted by atomic mass is 32.2. The lowest BCUT2D eigenvalue weighted by molar-refractivity contribution is 0.299. The lowest BCUT2D eigenvalue weighted by atomic mass is 10.2. The Bertz CT molecular complexity index is 607. The van der Waals surface area contributed by atoms with Crippen molar-refractivity contribution in [2.45, 2.75) is 17.9 Å². The molecular formula is C12H14N2O3S2. The predicted octanol–water partition coefficient (Wildman–Crippen LogP) is 1.16. The van der Waals surface area contributed by atoms with E-state index in [1.807, 2.05) is 0 Å². The first-order chi connectivity index (χ1) is 9.12. The van der Waals surface area contributed by atoms with E-state index in [1.54, 1.807) is 36.0 Å². The molecule has 0 radical (unpaired) electrons. The van der Waals surface area contributed by atoms with Gasteiger partial charge in [-0.05, 0) is 24.1 Å². The minimum Gasteiger partial charge on any atom is -0.396 e. The molecule has 5 nitrogen and oxygen atoms in total. The Kier molecular flexibility index (Phi) is 4.65. The molecule has 19 heavy (non-hydrogen) atoms. The molecule has 0 amide bonds. The van der Waals surface area contributed by atoms with E-state index in [1.165, 1.54) is 11.3 Å². The topological polar surface area (TPSA) is 79.3 Å². The molecular weight excluding hydrogens is 284 g/mol. The van der Waals surface area contributed by atoms with E-state index >= 15 is 0 Å². The average molecular weight is 298 g/mol. The third kappa shape index (κ3) is 3.84. The molecule has 0 atom stereocenters. The molecule has 2 N–H and O–H groups in total. The first-order valence-corrected chi connectivity index (χ1v) is 8.05. The Morgan fingerprint density at radius 3 is 2.58 bits per heavy atom. The second kappa shape index (κ2) is 6.25. The molecule has 7 heteroatoms. The second-order valence-corrected chi connectivity index (χ2v) is 6.65. The van der Waals surface area contributed by atoms with Crippen LogP contribution in [0.5, 0.6) is 0 Å². The number of nitrogens with one attached hydrogen (secondary N) is 1. The summed E-state index contributed by atoms with van der Waals surface area (Å²) in [6, 6.07) is 6.49. The molecule has 102 valence electrons. The van der Waals surface area contributed by atoms with Gasteiger partial charge in [-0.2, -0.15) is 0 Å². The summed E-state index contributed by atoms with van der Waals surface area (Å²) in [4.78, 5) is 4.97. The van der Waals surface area contributed by atoms with Crippen molar-refractivity contribution >= 4 is 21.4 Å². The maximum atomic E-state index is 12.0. The highest BCUT2D eigenvalue weighted by Gasteiger charge is 2.13. The third-order valence-electron chi connectivity index (χ3n) is 2.55. The molecule has 2 rings (SSSR count). The highest BCUT2D eigenvalue weighted by Crippen LogP contribution is 2.12. The van der Waals surface area contributed by atoms with Gasteiger partial charge < -0.3 is 5.11 Å². The van der Waals surface area contributed by atoms with E-state index in [0.717, 1.165) is 10.4 Å². The molecule has 0 spiro atoms. The fourth-order valence-corrected chi connectivity index (χ4v) is 3.18. The van der Waals surface area contributed by atoms with Crippen LogP contribution in [0.3, 0.4) is 0 Å². The first kappa shape index (κ1) is 14.1. The van der Waals surface area contributed by atoms with Gasteiger partial charge in [-0.1, -0.05) is 12.1 Å². The smallest absolute Gasteiger partial charge is 0.240 e. The monoisotopic (exact) mass is 298 g/mol. The number of sulfonamides is 1. The number of rotatable bonds is 6. The van der Waals surface area contributed by atoms with E-state index < -0.39 is 10.0 Å². The Morgan fingerprint density at radius 1 is 1.26 bits per heavy atom. The van der Waals surface area contributed by atoms with Crippen LogP contribution >= 0.6 is 11.3 Å². The van der Waals surface area contributed by atoms with Gasteiger partial charge >= 0.3 is 0 Å². The van der Waals surface area contributed by atoms with E-state index in [2.05, 4.69) is 9.71 Å². The number of aliphatic hydroxyl groups is 1. The van der Waals surface area contributed by atoms with Gasteiger partial charge in [0, 0.05) is 24.2 Å². The summed E-state index contributed by atoms with van der Waals surface area (Å²) in [5.74, 6) is 0. The Balaban J connectivity index is 2.06. The lowest BCUT2D eigenvalue weighted by Crippen LogP contribution is -2.22. The zero-order valence-corrected chi connectivity index (χ0v) is 11.7. The summed E-state index contributed by atoms with van der Waals surface area (Å²) in [6.07, 6.45) is 2.16. The zero-order chi connectivity index (χ0) is 13.7. The third-order valence-corrected chi connectivity index (χ3v) is 4.75. The van der Waals surface area contributed by atoms with Crippen LogP contribution < -0.4 is 4.72 Å². The molecule has 1 heterocycles. The van der Waals surface area contributed by atoms with Gasteiger partial charge in [0.1, 0.15) is 0 Å². The van der Waals surface area contributed by atoms with Crippen LogP contribution in [0, 0.1) is 0 Å². The molecule has 1 aromatic heterocycles. The van der Waals surface area contributed by atoms with Crippen LogP contribution in [0.2, 0.25) is 0 Å². The Hall–Kier alpha value is -1.28. The minimum absolute atomic E-state index is 0.0513. The van der Waals surface area contributed by atoms with Gasteiger partial charge in [-0.25, -0.2) is 13.1 Å². The van der Waals surface area contributed by atoms with Gasteiger partial charge in [0.2, 0.25) is 10.0 Å². The van der Waals surface area contributed by atoms with Crippen molar-refractivity contribution < 1.29 is 13.5 Å². The zero-order valence-electron chi connectivity index (χ0n) is 10.1. The molecule has 0 fully saturated rings. The van der Waals surface area contributed by atoms with Crippen LogP contribution in [0.15, 0.2) is 40.9 Å². The summed E-state index contributed by atoms with van der Waals surface area (Å²) in [7, 11) is -3.50. The molecule has 1 aromatic carbocycles. The number of hydrogen-bond donors (Lipinski definition) is 2. The van der Waals surface area contributed by atoms with Crippen molar-refractivity contribution in [3.8, 4) is 0 Å². The van der Waals surface area contributed by atoms with Gasteiger partial charge in [0.15, 0.2) is 0 Å². The number of benzene rings is 1. The molecule has 0 aliphatic carbocycles. The number of hydrogen-bond acceptors (Lipinski definition) is 5. The molecule has 0 aliphatic rings. The van der Waals surface area contributed by atoms with Gasteiger partial charge in [-0.3, -0.25) is 4.98 Å². The number of thiazole rings is 1. The van der Waals surface area contributed by atoms with Crippen LogP contribution in [0.4, 0.5) is 0 Å². The van der Waals surface area contributed by atoms with Crippen molar-refractivity contribution in [2.24, 2.45) is 0 Å². The summed E-state index contributed by atoms with van der Waals surface area (Å²) >= 11 is 1.40. The Labute approximate surface area is 116 Å². The molecule has 0 bridgehead atoms. The second-order valence-electron chi connectivity index (χ2n) is 3.91. The van der Waals surface area contributed by atoms with Crippen molar-refractivity contribution in [3.05, 3.63) is 46.4 Å². The van der Waals surface area contributed by atoms with E-state index in [9.17, 15) is 8.42 Å². The van der Waals surface area contributed by atoms with Crippen LogP contribution in [-0.2, 0) is 23.0 Å². The molecule has 2 aromatic rings. The maximum Gasteiger partial charge on any atom is 0.240 e. The lowest BCUT2D eigenvalue weighted by Gasteiger charge is -2.06. The number of aliphatic hydroxyl groups excluding tert-OH is 1. The highest BCUT2D eigenvalue weighted by molar-refractivity contribution is 7.89. The summed E-state index contributed by atoms with van der Waals surface area (Å²) in [5.41, 5.74) is 2.57.